The van der Waals surface area contributed by atoms with Crippen LogP contribution in [0.1, 0.15) is 26.5 Å². The van der Waals surface area contributed by atoms with Crippen molar-refractivity contribution in [2.45, 2.75) is 38.5 Å². The minimum Gasteiger partial charge on any atom is -0.469 e. The minimum absolute atomic E-state index is 0.0569. The molecule has 1 aliphatic rings. The van der Waals surface area contributed by atoms with Crippen LogP contribution in [-0.4, -0.2) is 17.9 Å². The summed E-state index contributed by atoms with van der Waals surface area (Å²) < 4.78 is 11.1. The molecule has 1 N–H and O–H groups in total. The van der Waals surface area contributed by atoms with Gasteiger partial charge in [0.25, 0.3) is 0 Å². The molecule has 2 heterocycles. The van der Waals surface area contributed by atoms with Crippen molar-refractivity contribution in [3.8, 4) is 0 Å². The highest BCUT2D eigenvalue weighted by atomic mass is 16.5. The van der Waals surface area contributed by atoms with E-state index in [1.807, 2.05) is 12.1 Å². The summed E-state index contributed by atoms with van der Waals surface area (Å²) in [4.78, 5) is 0. The average Bonchev–Trinajstić information content (AvgIpc) is 2.60. The van der Waals surface area contributed by atoms with Gasteiger partial charge in [0.1, 0.15) is 11.5 Å². The molecule has 1 aromatic heterocycles. The molecule has 1 aliphatic heterocycles. The van der Waals surface area contributed by atoms with Gasteiger partial charge in [-0.15, -0.1) is 0 Å². The summed E-state index contributed by atoms with van der Waals surface area (Å²) in [5.74, 6) is 0.956. The third kappa shape index (κ3) is 1.99. The quantitative estimate of drug-likeness (QED) is 0.783. The number of hydrogen-bond acceptors (Lipinski definition) is 3. The van der Waals surface area contributed by atoms with Crippen LogP contribution in [0.25, 0.3) is 0 Å². The Bertz CT molecular complexity index is 305. The molecule has 1 fully saturated rings. The SMILES string of the molecule is CC1(C)COC(C)(Cc2ccco2)N1. The van der Waals surface area contributed by atoms with Crippen molar-refractivity contribution in [2.24, 2.45) is 0 Å². The lowest BCUT2D eigenvalue weighted by atomic mass is 10.1. The van der Waals surface area contributed by atoms with Crippen molar-refractivity contribution in [2.75, 3.05) is 6.61 Å². The van der Waals surface area contributed by atoms with E-state index in [1.165, 1.54) is 0 Å². The summed E-state index contributed by atoms with van der Waals surface area (Å²) >= 11 is 0. The first-order valence-electron chi connectivity index (χ1n) is 4.95. The molecule has 0 saturated carbocycles. The number of rotatable bonds is 2. The molecule has 1 unspecified atom stereocenters. The van der Waals surface area contributed by atoms with Crippen molar-refractivity contribution in [3.63, 3.8) is 0 Å². The van der Waals surface area contributed by atoms with Crippen LogP contribution in [0.4, 0.5) is 0 Å². The standard InChI is InChI=1S/C11H17NO2/c1-10(2)8-14-11(3,12-10)7-9-5-4-6-13-9/h4-6,12H,7-8H2,1-3H3. The lowest BCUT2D eigenvalue weighted by Gasteiger charge is -2.25. The van der Waals surface area contributed by atoms with Crippen LogP contribution in [0.15, 0.2) is 22.8 Å². The lowest BCUT2D eigenvalue weighted by Crippen LogP contribution is -2.47. The third-order valence-corrected chi connectivity index (χ3v) is 2.45. The van der Waals surface area contributed by atoms with Gasteiger partial charge in [-0.2, -0.15) is 0 Å². The van der Waals surface area contributed by atoms with Crippen molar-refractivity contribution >= 4 is 0 Å². The Hall–Kier alpha value is -0.800. The Balaban J connectivity index is 2.05. The normalized spacial score (nSPS) is 30.8. The molecule has 0 aromatic carbocycles. The monoisotopic (exact) mass is 195 g/mol. The van der Waals surface area contributed by atoms with Crippen LogP contribution in [0.5, 0.6) is 0 Å². The van der Waals surface area contributed by atoms with Crippen LogP contribution in [0.3, 0.4) is 0 Å². The van der Waals surface area contributed by atoms with Gasteiger partial charge in [0.05, 0.1) is 12.9 Å². The van der Waals surface area contributed by atoms with Gasteiger partial charge in [-0.3, -0.25) is 5.32 Å². The van der Waals surface area contributed by atoms with Crippen LogP contribution >= 0.6 is 0 Å². The van der Waals surface area contributed by atoms with E-state index in [0.29, 0.717) is 0 Å². The lowest BCUT2D eigenvalue weighted by molar-refractivity contribution is 0.00293. The van der Waals surface area contributed by atoms with Crippen molar-refractivity contribution < 1.29 is 9.15 Å². The van der Waals surface area contributed by atoms with Crippen molar-refractivity contribution in [1.82, 2.24) is 5.32 Å². The Kier molecular flexibility index (Phi) is 2.16. The first-order chi connectivity index (χ1) is 6.49. The average molecular weight is 195 g/mol. The van der Waals surface area contributed by atoms with Gasteiger partial charge in [0, 0.05) is 12.0 Å². The van der Waals surface area contributed by atoms with Crippen LogP contribution in [0, 0.1) is 0 Å². The highest BCUT2D eigenvalue weighted by Gasteiger charge is 2.40. The van der Waals surface area contributed by atoms with Crippen LogP contribution in [-0.2, 0) is 11.2 Å². The first-order valence-corrected chi connectivity index (χ1v) is 4.95. The van der Waals surface area contributed by atoms with E-state index in [9.17, 15) is 0 Å². The Morgan fingerprint density at radius 3 is 2.71 bits per heavy atom. The second kappa shape index (κ2) is 3.11. The number of furan rings is 1. The molecule has 0 spiro atoms. The molecule has 0 bridgehead atoms. The fourth-order valence-corrected chi connectivity index (χ4v) is 1.97. The molecular weight excluding hydrogens is 178 g/mol. The van der Waals surface area contributed by atoms with E-state index in [4.69, 9.17) is 9.15 Å². The maximum absolute atomic E-state index is 5.76. The van der Waals surface area contributed by atoms with Crippen LogP contribution < -0.4 is 5.32 Å². The molecule has 1 atom stereocenters. The van der Waals surface area contributed by atoms with Gasteiger partial charge in [-0.25, -0.2) is 0 Å². The zero-order chi connectivity index (χ0) is 10.2. The van der Waals surface area contributed by atoms with Gasteiger partial charge < -0.3 is 9.15 Å². The molecule has 3 heteroatoms. The number of nitrogens with one attached hydrogen (secondary N) is 1. The maximum atomic E-state index is 5.76. The zero-order valence-corrected chi connectivity index (χ0v) is 8.96. The summed E-state index contributed by atoms with van der Waals surface area (Å²) in [7, 11) is 0. The molecule has 0 radical (unpaired) electrons. The van der Waals surface area contributed by atoms with Gasteiger partial charge in [-0.1, -0.05) is 0 Å². The molecule has 1 aromatic rings. The molecule has 0 aliphatic carbocycles. The van der Waals surface area contributed by atoms with Gasteiger partial charge in [0.2, 0.25) is 0 Å². The maximum Gasteiger partial charge on any atom is 0.124 e. The third-order valence-electron chi connectivity index (χ3n) is 2.45. The highest BCUT2D eigenvalue weighted by molar-refractivity contribution is 5.05. The molecule has 78 valence electrons. The van der Waals surface area contributed by atoms with E-state index >= 15 is 0 Å². The van der Waals surface area contributed by atoms with E-state index < -0.39 is 0 Å². The van der Waals surface area contributed by atoms with Crippen molar-refractivity contribution in [3.05, 3.63) is 24.2 Å². The second-order valence-electron chi connectivity index (χ2n) is 4.78. The summed E-state index contributed by atoms with van der Waals surface area (Å²) in [5.41, 5.74) is -0.233. The summed E-state index contributed by atoms with van der Waals surface area (Å²) in [6.07, 6.45) is 2.46. The Morgan fingerprint density at radius 2 is 2.21 bits per heavy atom. The number of ether oxygens (including phenoxy) is 1. The summed E-state index contributed by atoms with van der Waals surface area (Å²) in [6.45, 7) is 7.08. The van der Waals surface area contributed by atoms with E-state index in [-0.39, 0.29) is 11.3 Å². The minimum atomic E-state index is -0.290. The van der Waals surface area contributed by atoms with Gasteiger partial charge in [0.15, 0.2) is 0 Å². The molecule has 2 rings (SSSR count). The van der Waals surface area contributed by atoms with Crippen molar-refractivity contribution in [1.29, 1.82) is 0 Å². The predicted octanol–water partition coefficient (Wildman–Crippen LogP) is 1.94. The highest BCUT2D eigenvalue weighted by Crippen LogP contribution is 2.26. The molecule has 3 nitrogen and oxygen atoms in total. The fraction of sp³-hybridized carbons (Fsp3) is 0.636. The topological polar surface area (TPSA) is 34.4 Å². The molecule has 0 amide bonds. The van der Waals surface area contributed by atoms with E-state index in [2.05, 4.69) is 26.1 Å². The second-order valence-corrected chi connectivity index (χ2v) is 4.78. The van der Waals surface area contributed by atoms with E-state index in [0.717, 1.165) is 18.8 Å². The zero-order valence-electron chi connectivity index (χ0n) is 8.96. The number of hydrogen-bond donors (Lipinski definition) is 1. The molecular formula is C11H17NO2. The molecule has 1 saturated heterocycles. The first kappa shape index (κ1) is 9.74. The summed E-state index contributed by atoms with van der Waals surface area (Å²) in [5, 5.41) is 3.46. The van der Waals surface area contributed by atoms with Gasteiger partial charge in [-0.05, 0) is 32.9 Å². The largest absolute Gasteiger partial charge is 0.469 e. The van der Waals surface area contributed by atoms with Gasteiger partial charge >= 0.3 is 0 Å². The smallest absolute Gasteiger partial charge is 0.124 e. The Morgan fingerprint density at radius 1 is 1.43 bits per heavy atom. The molecule has 14 heavy (non-hydrogen) atoms. The Labute approximate surface area is 84.4 Å². The summed E-state index contributed by atoms with van der Waals surface area (Å²) in [6, 6.07) is 3.88. The fourth-order valence-electron chi connectivity index (χ4n) is 1.97. The predicted molar refractivity (Wildman–Crippen MR) is 54.0 cm³/mol. The van der Waals surface area contributed by atoms with Crippen LogP contribution in [0.2, 0.25) is 0 Å². The van der Waals surface area contributed by atoms with E-state index in [1.54, 1.807) is 6.26 Å².